The minimum absolute atomic E-state index is 0. The topological polar surface area (TPSA) is 30.0 Å². The molecule has 0 aliphatic carbocycles. The number of ketones is 1. The van der Waals surface area contributed by atoms with Crippen molar-refractivity contribution in [2.45, 2.75) is 0 Å². The molecule has 0 amide bonds. The lowest BCUT2D eigenvalue weighted by molar-refractivity contribution is 0.104. The number of rotatable bonds is 4. The van der Waals surface area contributed by atoms with E-state index in [1.165, 1.54) is 18.3 Å². The van der Waals surface area contributed by atoms with Gasteiger partial charge in [-0.15, -0.1) is 23.7 Å². The zero-order valence-electron chi connectivity index (χ0n) is 12.0. The maximum atomic E-state index is 13.0. The molecule has 0 aliphatic rings. The number of carbonyl (C=O) groups excluding carboxylic acids is 1. The standard InChI is InChI=1S/C18H12FNOS.ClH/c19-16-8-14(10-20-11-16)18(21)7-6-17-9-15(12-22-17)13-4-2-1-3-5-13;/h1-12H;1H/b7-6+;. The number of pyridine rings is 1. The van der Waals surface area contributed by atoms with E-state index in [1.54, 1.807) is 17.4 Å². The van der Waals surface area contributed by atoms with E-state index >= 15 is 0 Å². The predicted octanol–water partition coefficient (Wildman–Crippen LogP) is 5.27. The first-order valence-corrected chi connectivity index (χ1v) is 7.57. The summed E-state index contributed by atoms with van der Waals surface area (Å²) in [6, 6.07) is 13.2. The Kier molecular flexibility index (Phi) is 5.79. The molecular weight excluding hydrogens is 333 g/mol. The molecule has 0 aliphatic heterocycles. The third-order valence-corrected chi connectivity index (χ3v) is 4.01. The third-order valence-electron chi connectivity index (χ3n) is 3.12. The van der Waals surface area contributed by atoms with Gasteiger partial charge in [0, 0.05) is 16.6 Å². The highest BCUT2D eigenvalue weighted by atomic mass is 35.5. The zero-order chi connectivity index (χ0) is 15.4. The fourth-order valence-electron chi connectivity index (χ4n) is 2.02. The van der Waals surface area contributed by atoms with E-state index in [2.05, 4.69) is 4.98 Å². The Morgan fingerprint density at radius 2 is 1.87 bits per heavy atom. The van der Waals surface area contributed by atoms with Crippen LogP contribution in [0.3, 0.4) is 0 Å². The maximum absolute atomic E-state index is 13.0. The van der Waals surface area contributed by atoms with Crippen LogP contribution in [0.4, 0.5) is 4.39 Å². The second-order valence-electron chi connectivity index (χ2n) is 4.69. The molecule has 0 atom stereocenters. The summed E-state index contributed by atoms with van der Waals surface area (Å²) in [5.74, 6) is -0.775. The number of carbonyl (C=O) groups is 1. The summed E-state index contributed by atoms with van der Waals surface area (Å²) in [6.07, 6.45) is 5.62. The van der Waals surface area contributed by atoms with Gasteiger partial charge in [-0.25, -0.2) is 4.39 Å². The van der Waals surface area contributed by atoms with Gasteiger partial charge in [-0.1, -0.05) is 30.3 Å². The van der Waals surface area contributed by atoms with Crippen LogP contribution in [0.15, 0.2) is 66.3 Å². The summed E-state index contributed by atoms with van der Waals surface area (Å²) >= 11 is 1.56. The fourth-order valence-corrected chi connectivity index (χ4v) is 2.83. The number of halogens is 2. The summed E-state index contributed by atoms with van der Waals surface area (Å²) in [6.45, 7) is 0. The predicted molar refractivity (Wildman–Crippen MR) is 94.6 cm³/mol. The van der Waals surface area contributed by atoms with Crippen LogP contribution in [0.2, 0.25) is 0 Å². The van der Waals surface area contributed by atoms with Crippen LogP contribution in [-0.2, 0) is 0 Å². The van der Waals surface area contributed by atoms with Crippen LogP contribution >= 0.6 is 23.7 Å². The molecule has 0 bridgehead atoms. The molecule has 0 saturated heterocycles. The summed E-state index contributed by atoms with van der Waals surface area (Å²) < 4.78 is 13.0. The summed E-state index contributed by atoms with van der Waals surface area (Å²) in [5.41, 5.74) is 2.50. The number of benzene rings is 1. The average Bonchev–Trinajstić information content (AvgIpc) is 3.02. The maximum Gasteiger partial charge on any atom is 0.187 e. The van der Waals surface area contributed by atoms with E-state index in [-0.39, 0.29) is 23.8 Å². The molecule has 23 heavy (non-hydrogen) atoms. The van der Waals surface area contributed by atoms with Crippen LogP contribution in [0, 0.1) is 5.82 Å². The molecule has 3 rings (SSSR count). The molecule has 5 heteroatoms. The van der Waals surface area contributed by atoms with E-state index in [0.29, 0.717) is 0 Å². The Balaban J connectivity index is 0.00000192. The Bertz CT molecular complexity index is 830. The van der Waals surface area contributed by atoms with Crippen molar-refractivity contribution < 1.29 is 9.18 Å². The Morgan fingerprint density at radius 1 is 1.09 bits per heavy atom. The van der Waals surface area contributed by atoms with Gasteiger partial charge in [0.25, 0.3) is 0 Å². The van der Waals surface area contributed by atoms with Gasteiger partial charge in [0.2, 0.25) is 0 Å². The molecule has 0 fully saturated rings. The Morgan fingerprint density at radius 3 is 2.61 bits per heavy atom. The van der Waals surface area contributed by atoms with Gasteiger partial charge in [-0.2, -0.15) is 0 Å². The van der Waals surface area contributed by atoms with Crippen molar-refractivity contribution >= 4 is 35.6 Å². The molecule has 116 valence electrons. The summed E-state index contributed by atoms with van der Waals surface area (Å²) in [4.78, 5) is 16.6. The first-order chi connectivity index (χ1) is 10.7. The molecule has 0 saturated carbocycles. The SMILES string of the molecule is Cl.O=C(/C=C/c1cc(-c2ccccc2)cs1)c1cncc(F)c1. The quantitative estimate of drug-likeness (QED) is 0.476. The van der Waals surface area contributed by atoms with Gasteiger partial charge in [0.1, 0.15) is 5.82 Å². The van der Waals surface area contributed by atoms with E-state index in [0.717, 1.165) is 22.2 Å². The van der Waals surface area contributed by atoms with Crippen molar-refractivity contribution in [1.29, 1.82) is 0 Å². The molecule has 2 heterocycles. The normalized spacial score (nSPS) is 10.5. The first kappa shape index (κ1) is 17.1. The molecule has 0 spiro atoms. The first-order valence-electron chi connectivity index (χ1n) is 6.69. The van der Waals surface area contributed by atoms with Crippen LogP contribution in [-0.4, -0.2) is 10.8 Å². The lowest BCUT2D eigenvalue weighted by Gasteiger charge is -1.95. The smallest absolute Gasteiger partial charge is 0.187 e. The average molecular weight is 346 g/mol. The molecule has 2 nitrogen and oxygen atoms in total. The number of hydrogen-bond donors (Lipinski definition) is 0. The second kappa shape index (κ2) is 7.81. The molecule has 1 aromatic carbocycles. The van der Waals surface area contributed by atoms with E-state index in [4.69, 9.17) is 0 Å². The highest BCUT2D eigenvalue weighted by Gasteiger charge is 2.04. The Hall–Kier alpha value is -2.30. The molecule has 3 aromatic rings. The van der Waals surface area contributed by atoms with E-state index in [9.17, 15) is 9.18 Å². The van der Waals surface area contributed by atoms with Crippen molar-refractivity contribution in [2.75, 3.05) is 0 Å². The van der Waals surface area contributed by atoms with Crippen molar-refractivity contribution in [1.82, 2.24) is 4.98 Å². The van der Waals surface area contributed by atoms with Crippen LogP contribution in [0.5, 0.6) is 0 Å². The number of thiophene rings is 1. The fraction of sp³-hybridized carbons (Fsp3) is 0. The molecule has 0 unspecified atom stereocenters. The highest BCUT2D eigenvalue weighted by molar-refractivity contribution is 7.11. The lowest BCUT2D eigenvalue weighted by Crippen LogP contribution is -1.95. The minimum Gasteiger partial charge on any atom is -0.289 e. The minimum atomic E-state index is -0.512. The van der Waals surface area contributed by atoms with Gasteiger partial charge in [-0.3, -0.25) is 9.78 Å². The second-order valence-corrected chi connectivity index (χ2v) is 5.64. The van der Waals surface area contributed by atoms with E-state index < -0.39 is 5.82 Å². The van der Waals surface area contributed by atoms with E-state index in [1.807, 2.05) is 41.8 Å². The van der Waals surface area contributed by atoms with Gasteiger partial charge in [0.15, 0.2) is 5.78 Å². The molecule has 0 N–H and O–H groups in total. The lowest BCUT2D eigenvalue weighted by atomic mass is 10.1. The highest BCUT2D eigenvalue weighted by Crippen LogP contribution is 2.26. The largest absolute Gasteiger partial charge is 0.289 e. The van der Waals surface area contributed by atoms with Gasteiger partial charge in [0.05, 0.1) is 6.20 Å². The van der Waals surface area contributed by atoms with Crippen molar-refractivity contribution in [2.24, 2.45) is 0 Å². The zero-order valence-corrected chi connectivity index (χ0v) is 13.6. The number of aromatic nitrogens is 1. The van der Waals surface area contributed by atoms with Gasteiger partial charge >= 0.3 is 0 Å². The monoisotopic (exact) mass is 345 g/mol. The Labute approximate surface area is 143 Å². The van der Waals surface area contributed by atoms with Gasteiger partial charge < -0.3 is 0 Å². The van der Waals surface area contributed by atoms with Crippen LogP contribution in [0.1, 0.15) is 15.2 Å². The van der Waals surface area contributed by atoms with Crippen LogP contribution < -0.4 is 0 Å². The summed E-state index contributed by atoms with van der Waals surface area (Å²) in [7, 11) is 0. The molecular formula is C18H13ClFNOS. The van der Waals surface area contributed by atoms with Crippen LogP contribution in [0.25, 0.3) is 17.2 Å². The van der Waals surface area contributed by atoms with Crippen molar-refractivity contribution in [3.8, 4) is 11.1 Å². The molecule has 0 radical (unpaired) electrons. The number of nitrogens with zero attached hydrogens (tertiary/aromatic N) is 1. The molecule has 2 aromatic heterocycles. The number of hydrogen-bond acceptors (Lipinski definition) is 3. The summed E-state index contributed by atoms with van der Waals surface area (Å²) in [5, 5.41) is 2.04. The number of allylic oxidation sites excluding steroid dienone is 1. The van der Waals surface area contributed by atoms with Crippen molar-refractivity contribution in [3.63, 3.8) is 0 Å². The van der Waals surface area contributed by atoms with Gasteiger partial charge in [-0.05, 0) is 40.8 Å². The van der Waals surface area contributed by atoms with Crippen molar-refractivity contribution in [3.05, 3.63) is 82.6 Å². The third kappa shape index (κ3) is 4.34.